The molecule has 0 aliphatic carbocycles. The average molecular weight is 497 g/mol. The molecule has 0 fully saturated rings. The Morgan fingerprint density at radius 2 is 1.64 bits per heavy atom. The molecule has 57 valence electrons. The standard InChI is InChI=1S/C7H4I3Si/c8-5-1-2-6(9)7(10)4(5)3-11/h1-2H,3H2. The second kappa shape index (κ2) is 4.75. The lowest BCUT2D eigenvalue weighted by Crippen LogP contribution is -1.95. The van der Waals surface area contributed by atoms with Crippen LogP contribution in [0.2, 0.25) is 0 Å². The number of benzene rings is 1. The van der Waals surface area contributed by atoms with E-state index in [1.807, 2.05) is 0 Å². The van der Waals surface area contributed by atoms with Crippen molar-refractivity contribution in [1.29, 1.82) is 0 Å². The van der Waals surface area contributed by atoms with Gasteiger partial charge < -0.3 is 0 Å². The Hall–Kier alpha value is 1.63. The molecule has 0 aliphatic heterocycles. The van der Waals surface area contributed by atoms with Crippen molar-refractivity contribution in [3.8, 4) is 0 Å². The van der Waals surface area contributed by atoms with E-state index in [4.69, 9.17) is 0 Å². The predicted molar refractivity (Wildman–Crippen MR) is 74.1 cm³/mol. The van der Waals surface area contributed by atoms with Crippen LogP contribution in [0.5, 0.6) is 0 Å². The molecule has 1 rings (SSSR count). The molecule has 11 heavy (non-hydrogen) atoms. The van der Waals surface area contributed by atoms with E-state index in [1.165, 1.54) is 16.3 Å². The van der Waals surface area contributed by atoms with Crippen LogP contribution in [0.3, 0.4) is 0 Å². The first-order chi connectivity index (χ1) is 5.16. The molecule has 0 saturated carbocycles. The molecule has 0 saturated heterocycles. The minimum absolute atomic E-state index is 0.938. The van der Waals surface area contributed by atoms with E-state index in [-0.39, 0.29) is 0 Å². The molecular formula is C7H4I3Si. The van der Waals surface area contributed by atoms with E-state index < -0.39 is 0 Å². The second-order valence-corrected chi connectivity index (χ2v) is 5.76. The van der Waals surface area contributed by atoms with Crippen LogP contribution in [0.25, 0.3) is 0 Å². The van der Waals surface area contributed by atoms with Crippen molar-refractivity contribution < 1.29 is 0 Å². The molecule has 3 radical (unpaired) electrons. The zero-order valence-electron chi connectivity index (χ0n) is 5.50. The van der Waals surface area contributed by atoms with E-state index in [0.29, 0.717) is 0 Å². The van der Waals surface area contributed by atoms with Gasteiger partial charge in [0.05, 0.1) is 0 Å². The monoisotopic (exact) mass is 497 g/mol. The third-order valence-corrected chi connectivity index (χ3v) is 5.84. The van der Waals surface area contributed by atoms with Crippen molar-refractivity contribution in [2.45, 2.75) is 6.04 Å². The van der Waals surface area contributed by atoms with Crippen LogP contribution in [0, 0.1) is 10.7 Å². The third kappa shape index (κ3) is 2.53. The zero-order chi connectivity index (χ0) is 8.43. The van der Waals surface area contributed by atoms with Crippen molar-refractivity contribution in [2.24, 2.45) is 0 Å². The Morgan fingerprint density at radius 3 is 2.09 bits per heavy atom. The Kier molecular flexibility index (Phi) is 4.62. The van der Waals surface area contributed by atoms with Gasteiger partial charge in [-0.2, -0.15) is 0 Å². The lowest BCUT2D eigenvalue weighted by Gasteiger charge is -2.05. The summed E-state index contributed by atoms with van der Waals surface area (Å²) < 4.78 is 4.03. The first-order valence-corrected chi connectivity index (χ1v) is 6.88. The largest absolute Gasteiger partial charge is 0.0474 e. The normalized spacial score (nSPS) is 10.2. The van der Waals surface area contributed by atoms with Gasteiger partial charge in [-0.25, -0.2) is 0 Å². The number of rotatable bonds is 1. The first kappa shape index (κ1) is 10.7. The molecule has 0 N–H and O–H groups in total. The minimum Gasteiger partial charge on any atom is -0.0474 e. The van der Waals surface area contributed by atoms with Crippen LogP contribution in [0.1, 0.15) is 5.56 Å². The van der Waals surface area contributed by atoms with Crippen molar-refractivity contribution in [1.82, 2.24) is 0 Å². The van der Waals surface area contributed by atoms with Gasteiger partial charge in [-0.3, -0.25) is 0 Å². The summed E-state index contributed by atoms with van der Waals surface area (Å²) in [5.41, 5.74) is 1.40. The summed E-state index contributed by atoms with van der Waals surface area (Å²) in [4.78, 5) is 0. The molecule has 1 aromatic carbocycles. The van der Waals surface area contributed by atoms with E-state index in [0.717, 1.165) is 6.04 Å². The minimum atomic E-state index is 0.938. The van der Waals surface area contributed by atoms with Gasteiger partial charge in [-0.15, -0.1) is 0 Å². The zero-order valence-corrected chi connectivity index (χ0v) is 13.0. The van der Waals surface area contributed by atoms with Gasteiger partial charge >= 0.3 is 0 Å². The highest BCUT2D eigenvalue weighted by Gasteiger charge is 2.04. The van der Waals surface area contributed by atoms with Gasteiger partial charge in [0.2, 0.25) is 0 Å². The van der Waals surface area contributed by atoms with Crippen LogP contribution in [-0.4, -0.2) is 10.2 Å². The summed E-state index contributed by atoms with van der Waals surface area (Å²) in [5.74, 6) is 0. The summed E-state index contributed by atoms with van der Waals surface area (Å²) in [5, 5.41) is 0. The molecule has 0 spiro atoms. The highest BCUT2D eigenvalue weighted by molar-refractivity contribution is 14.1. The molecule has 0 nitrogen and oxygen atoms in total. The van der Waals surface area contributed by atoms with Gasteiger partial charge in [0.25, 0.3) is 0 Å². The fourth-order valence-corrected chi connectivity index (χ4v) is 4.14. The molecule has 0 amide bonds. The molecule has 0 heterocycles. The third-order valence-electron chi connectivity index (χ3n) is 1.32. The second-order valence-electron chi connectivity index (χ2n) is 2.00. The maximum absolute atomic E-state index is 3.53. The predicted octanol–water partition coefficient (Wildman–Crippen LogP) is 3.17. The van der Waals surface area contributed by atoms with Gasteiger partial charge in [0, 0.05) is 21.0 Å². The lowest BCUT2D eigenvalue weighted by atomic mass is 10.2. The van der Waals surface area contributed by atoms with Crippen LogP contribution < -0.4 is 0 Å². The summed E-state index contributed by atoms with van der Waals surface area (Å²) in [6.45, 7) is 0. The SMILES string of the molecule is [Si]Cc1c(I)ccc(I)c1I. The average Bonchev–Trinajstić information content (AvgIpc) is 1.99. The maximum Gasteiger partial charge on any atom is 0.0303 e. The van der Waals surface area contributed by atoms with E-state index >= 15 is 0 Å². The highest BCUT2D eigenvalue weighted by atomic mass is 127. The van der Waals surface area contributed by atoms with Crippen LogP contribution in [-0.2, 0) is 6.04 Å². The Labute approximate surface area is 111 Å². The van der Waals surface area contributed by atoms with Crippen molar-refractivity contribution in [2.75, 3.05) is 0 Å². The summed E-state index contributed by atoms with van der Waals surface area (Å²) in [6, 6.07) is 5.24. The molecule has 0 unspecified atom stereocenters. The Morgan fingerprint density at radius 1 is 1.09 bits per heavy atom. The van der Waals surface area contributed by atoms with Crippen LogP contribution in [0.4, 0.5) is 0 Å². The molecule has 1 aromatic rings. The molecule has 4 heteroatoms. The lowest BCUT2D eigenvalue weighted by molar-refractivity contribution is 1.31. The van der Waals surface area contributed by atoms with Crippen molar-refractivity contribution >= 4 is 78.0 Å². The van der Waals surface area contributed by atoms with Crippen molar-refractivity contribution in [3.05, 3.63) is 28.4 Å². The van der Waals surface area contributed by atoms with Gasteiger partial charge in [0.1, 0.15) is 0 Å². The molecule has 0 atom stereocenters. The fraction of sp³-hybridized carbons (Fsp3) is 0.143. The molecular weight excluding hydrogens is 493 g/mol. The summed E-state index contributed by atoms with van der Waals surface area (Å²) in [6.07, 6.45) is 0. The Balaban J connectivity index is 3.29. The maximum atomic E-state index is 3.53. The van der Waals surface area contributed by atoms with Gasteiger partial charge in [-0.05, 0) is 91.5 Å². The van der Waals surface area contributed by atoms with Crippen molar-refractivity contribution in [3.63, 3.8) is 0 Å². The first-order valence-electron chi connectivity index (χ1n) is 2.93. The van der Waals surface area contributed by atoms with Gasteiger partial charge in [0.15, 0.2) is 0 Å². The number of halogens is 3. The van der Waals surface area contributed by atoms with E-state index in [2.05, 4.69) is 90.1 Å². The number of hydrogen-bond donors (Lipinski definition) is 0. The van der Waals surface area contributed by atoms with Gasteiger partial charge in [-0.1, -0.05) is 0 Å². The topological polar surface area (TPSA) is 0 Å². The van der Waals surface area contributed by atoms with E-state index in [1.54, 1.807) is 0 Å². The fourth-order valence-electron chi connectivity index (χ4n) is 0.731. The number of hydrogen-bond acceptors (Lipinski definition) is 0. The summed E-state index contributed by atoms with van der Waals surface area (Å²) >= 11 is 7.11. The quantitative estimate of drug-likeness (QED) is 0.318. The Bertz CT molecular complexity index is 273. The summed E-state index contributed by atoms with van der Waals surface area (Å²) in [7, 11) is 3.53. The molecule has 0 aromatic heterocycles. The molecule has 0 aliphatic rings. The van der Waals surface area contributed by atoms with E-state index in [9.17, 15) is 0 Å². The highest BCUT2D eigenvalue weighted by Crippen LogP contribution is 2.23. The molecule has 0 bridgehead atoms. The van der Waals surface area contributed by atoms with Crippen LogP contribution in [0.15, 0.2) is 12.1 Å². The smallest absolute Gasteiger partial charge is 0.0303 e. The van der Waals surface area contributed by atoms with Crippen LogP contribution >= 0.6 is 67.8 Å².